The molecule has 1 N–H and O–H groups in total. The molecule has 1 aliphatic heterocycles. The fraction of sp³-hybridized carbons (Fsp3) is 0.409. The molecule has 31 heavy (non-hydrogen) atoms. The second kappa shape index (κ2) is 10.0. The molecule has 1 aliphatic rings. The van der Waals surface area contributed by atoms with Crippen molar-refractivity contribution in [2.45, 2.75) is 30.6 Å². The Morgan fingerprint density at radius 2 is 1.77 bits per heavy atom. The summed E-state index contributed by atoms with van der Waals surface area (Å²) in [5, 5.41) is 2.81. The molecule has 0 saturated carbocycles. The predicted octanol–water partition coefficient (Wildman–Crippen LogP) is 3.37. The first-order valence-electron chi connectivity index (χ1n) is 9.99. The first-order chi connectivity index (χ1) is 14.7. The smallest absolute Gasteiger partial charge is 0.246 e. The Hall–Kier alpha value is -2.07. The molecule has 0 radical (unpaired) electrons. The zero-order valence-electron chi connectivity index (χ0n) is 18.2. The molecule has 3 rings (SSSR count). The van der Waals surface area contributed by atoms with Crippen LogP contribution in [0, 0.1) is 20.8 Å². The molecule has 9 heteroatoms. The van der Waals surface area contributed by atoms with E-state index in [2.05, 4.69) is 17.4 Å². The summed E-state index contributed by atoms with van der Waals surface area (Å²) in [6.45, 7) is 7.40. The number of hydrogen-bond donors (Lipinski definition) is 1. The van der Waals surface area contributed by atoms with E-state index in [-0.39, 0.29) is 35.4 Å². The topological polar surface area (TPSA) is 84.9 Å². The molecule has 0 aromatic heterocycles. The minimum absolute atomic E-state index is 0.0348. The van der Waals surface area contributed by atoms with Gasteiger partial charge in [-0.15, -0.1) is 11.8 Å². The first kappa shape index (κ1) is 23.6. The Kier molecular flexibility index (Phi) is 7.64. The molecule has 2 aromatic carbocycles. The number of aryl methyl sites for hydroxylation is 3. The second-order valence-electron chi connectivity index (χ2n) is 7.45. The van der Waals surface area contributed by atoms with E-state index in [1.807, 2.05) is 20.8 Å². The van der Waals surface area contributed by atoms with Crippen LogP contribution in [0.4, 0.5) is 5.69 Å². The van der Waals surface area contributed by atoms with Crippen molar-refractivity contribution >= 4 is 33.4 Å². The lowest BCUT2D eigenvalue weighted by atomic mass is 10.1. The Morgan fingerprint density at radius 1 is 1.13 bits per heavy atom. The maximum Gasteiger partial charge on any atom is 0.246 e. The third-order valence-corrected chi connectivity index (χ3v) is 8.25. The average Bonchev–Trinajstić information content (AvgIpc) is 2.73. The predicted molar refractivity (Wildman–Crippen MR) is 123 cm³/mol. The number of carbonyl (C=O) groups is 1. The summed E-state index contributed by atoms with van der Waals surface area (Å²) in [5.41, 5.74) is 3.88. The van der Waals surface area contributed by atoms with Gasteiger partial charge in [0.05, 0.1) is 26.1 Å². The highest BCUT2D eigenvalue weighted by molar-refractivity contribution is 8.00. The zero-order valence-corrected chi connectivity index (χ0v) is 19.9. The van der Waals surface area contributed by atoms with E-state index in [9.17, 15) is 13.2 Å². The third kappa shape index (κ3) is 5.60. The van der Waals surface area contributed by atoms with Crippen LogP contribution in [-0.4, -0.2) is 57.8 Å². The van der Waals surface area contributed by atoms with Crippen molar-refractivity contribution in [1.82, 2.24) is 4.31 Å². The molecular weight excluding hydrogens is 436 g/mol. The highest BCUT2D eigenvalue weighted by atomic mass is 32.2. The van der Waals surface area contributed by atoms with E-state index >= 15 is 0 Å². The summed E-state index contributed by atoms with van der Waals surface area (Å²) in [6, 6.07) is 8.85. The van der Waals surface area contributed by atoms with Crippen molar-refractivity contribution in [2.24, 2.45) is 0 Å². The van der Waals surface area contributed by atoms with Crippen LogP contribution in [0.5, 0.6) is 5.75 Å². The van der Waals surface area contributed by atoms with Gasteiger partial charge in [0.2, 0.25) is 15.9 Å². The minimum Gasteiger partial charge on any atom is -0.495 e. The van der Waals surface area contributed by atoms with Crippen LogP contribution in [0.1, 0.15) is 16.7 Å². The normalized spacial score (nSPS) is 15.0. The van der Waals surface area contributed by atoms with Crippen molar-refractivity contribution in [3.05, 3.63) is 47.0 Å². The number of ether oxygens (including phenoxy) is 2. The number of hydrogen-bond acceptors (Lipinski definition) is 6. The summed E-state index contributed by atoms with van der Waals surface area (Å²) >= 11 is 1.47. The number of benzene rings is 2. The number of nitrogens with one attached hydrogen (secondary N) is 1. The number of anilines is 1. The molecule has 2 aromatic rings. The molecule has 0 atom stereocenters. The van der Waals surface area contributed by atoms with Crippen LogP contribution < -0.4 is 10.1 Å². The van der Waals surface area contributed by atoms with Gasteiger partial charge in [0.1, 0.15) is 10.6 Å². The van der Waals surface area contributed by atoms with Crippen LogP contribution in [0.15, 0.2) is 40.1 Å². The van der Waals surface area contributed by atoms with E-state index in [1.165, 1.54) is 34.8 Å². The van der Waals surface area contributed by atoms with Gasteiger partial charge in [0.25, 0.3) is 0 Å². The monoisotopic (exact) mass is 464 g/mol. The number of sulfonamides is 1. The summed E-state index contributed by atoms with van der Waals surface area (Å²) in [7, 11) is -2.34. The largest absolute Gasteiger partial charge is 0.495 e. The molecule has 1 heterocycles. The van der Waals surface area contributed by atoms with Gasteiger partial charge in [0, 0.05) is 23.7 Å². The number of nitrogens with zero attached hydrogens (tertiary/aromatic N) is 1. The van der Waals surface area contributed by atoms with Crippen LogP contribution in [0.25, 0.3) is 0 Å². The quantitative estimate of drug-likeness (QED) is 0.633. The Balaban J connectivity index is 1.75. The summed E-state index contributed by atoms with van der Waals surface area (Å²) in [4.78, 5) is 13.7. The molecule has 0 bridgehead atoms. The summed E-state index contributed by atoms with van der Waals surface area (Å²) in [5.74, 6) is 0.261. The van der Waals surface area contributed by atoms with E-state index in [4.69, 9.17) is 9.47 Å². The highest BCUT2D eigenvalue weighted by Crippen LogP contribution is 2.31. The Bertz CT molecular complexity index is 1040. The minimum atomic E-state index is -3.76. The molecule has 1 amide bonds. The van der Waals surface area contributed by atoms with Crippen molar-refractivity contribution in [3.8, 4) is 5.75 Å². The van der Waals surface area contributed by atoms with Crippen molar-refractivity contribution in [2.75, 3.05) is 44.5 Å². The van der Waals surface area contributed by atoms with E-state index < -0.39 is 10.0 Å². The summed E-state index contributed by atoms with van der Waals surface area (Å²) < 4.78 is 38.1. The molecule has 1 saturated heterocycles. The standard InChI is InChI=1S/C22H28N2O5S2/c1-15-11-16(2)22(17(3)12-15)30-14-21(25)23-18-5-6-19(28-4)20(13-18)31(26,27)24-7-9-29-10-8-24/h5-6,11-13H,7-10,14H2,1-4H3,(H,23,25). The van der Waals surface area contributed by atoms with E-state index in [0.717, 1.165) is 16.0 Å². The van der Waals surface area contributed by atoms with Crippen molar-refractivity contribution < 1.29 is 22.7 Å². The molecule has 168 valence electrons. The third-order valence-electron chi connectivity index (χ3n) is 4.99. The number of rotatable bonds is 7. The number of thioether (sulfide) groups is 1. The number of carbonyl (C=O) groups excluding carboxylic acids is 1. The van der Waals surface area contributed by atoms with Crippen molar-refractivity contribution in [1.29, 1.82) is 0 Å². The van der Waals surface area contributed by atoms with Crippen LogP contribution in [0.2, 0.25) is 0 Å². The molecule has 1 fully saturated rings. The van der Waals surface area contributed by atoms with Gasteiger partial charge in [-0.05, 0) is 50.1 Å². The maximum absolute atomic E-state index is 13.1. The van der Waals surface area contributed by atoms with E-state index in [1.54, 1.807) is 12.1 Å². The molecule has 0 aliphatic carbocycles. The maximum atomic E-state index is 13.1. The van der Waals surface area contributed by atoms with Gasteiger partial charge >= 0.3 is 0 Å². The second-order valence-corrected chi connectivity index (χ2v) is 10.3. The Morgan fingerprint density at radius 3 is 2.39 bits per heavy atom. The highest BCUT2D eigenvalue weighted by Gasteiger charge is 2.29. The molecule has 0 spiro atoms. The zero-order chi connectivity index (χ0) is 22.6. The van der Waals surface area contributed by atoms with Crippen LogP contribution in [-0.2, 0) is 19.6 Å². The van der Waals surface area contributed by atoms with Gasteiger partial charge in [-0.2, -0.15) is 4.31 Å². The molecule has 7 nitrogen and oxygen atoms in total. The fourth-order valence-corrected chi connectivity index (χ4v) is 6.12. The van der Waals surface area contributed by atoms with E-state index in [0.29, 0.717) is 18.9 Å². The molecular formula is C22H28N2O5S2. The number of amides is 1. The lowest BCUT2D eigenvalue weighted by molar-refractivity contribution is -0.113. The number of morpholine rings is 1. The van der Waals surface area contributed by atoms with Gasteiger partial charge in [0.15, 0.2) is 0 Å². The Labute approximate surface area is 188 Å². The van der Waals surface area contributed by atoms with Gasteiger partial charge < -0.3 is 14.8 Å². The van der Waals surface area contributed by atoms with Gasteiger partial charge in [-0.25, -0.2) is 8.42 Å². The first-order valence-corrected chi connectivity index (χ1v) is 12.4. The lowest BCUT2D eigenvalue weighted by Crippen LogP contribution is -2.40. The lowest BCUT2D eigenvalue weighted by Gasteiger charge is -2.26. The van der Waals surface area contributed by atoms with Crippen molar-refractivity contribution in [3.63, 3.8) is 0 Å². The van der Waals surface area contributed by atoms with Crippen LogP contribution in [0.3, 0.4) is 0 Å². The SMILES string of the molecule is COc1ccc(NC(=O)CSc2c(C)cc(C)cc2C)cc1S(=O)(=O)N1CCOCC1. The van der Waals surface area contributed by atoms with Gasteiger partial charge in [-0.1, -0.05) is 17.7 Å². The average molecular weight is 465 g/mol. The fourth-order valence-electron chi connectivity index (χ4n) is 3.61. The number of methoxy groups -OCH3 is 1. The van der Waals surface area contributed by atoms with Crippen LogP contribution >= 0.6 is 11.8 Å². The van der Waals surface area contributed by atoms with Gasteiger partial charge in [-0.3, -0.25) is 4.79 Å². The summed E-state index contributed by atoms with van der Waals surface area (Å²) in [6.07, 6.45) is 0. The molecule has 0 unspecified atom stereocenters.